The van der Waals surface area contributed by atoms with E-state index in [-0.39, 0.29) is 0 Å². The van der Waals surface area contributed by atoms with Crippen molar-refractivity contribution in [3.63, 3.8) is 0 Å². The highest BCUT2D eigenvalue weighted by Gasteiger charge is 2.27. The first-order valence-electron chi connectivity index (χ1n) is 6.99. The zero-order chi connectivity index (χ0) is 13.9. The van der Waals surface area contributed by atoms with Crippen molar-refractivity contribution in [1.29, 1.82) is 0 Å². The van der Waals surface area contributed by atoms with Gasteiger partial charge in [-0.05, 0) is 57.6 Å². The number of benzene rings is 3. The molecule has 0 spiro atoms. The Morgan fingerprint density at radius 3 is 2.45 bits per heavy atom. The summed E-state index contributed by atoms with van der Waals surface area (Å²) in [5.74, 6) is 0.461. The van der Waals surface area contributed by atoms with Crippen LogP contribution in [0.25, 0.3) is 21.9 Å². The topological polar surface area (TPSA) is 0 Å². The molecule has 0 N–H and O–H groups in total. The summed E-state index contributed by atoms with van der Waals surface area (Å²) in [6.07, 6.45) is 0. The largest absolute Gasteiger partial charge is 0.0616 e. The summed E-state index contributed by atoms with van der Waals surface area (Å²) in [6, 6.07) is 17.8. The number of aryl methyl sites for hydroxylation is 1. The van der Waals surface area contributed by atoms with Crippen LogP contribution < -0.4 is 0 Å². The first kappa shape index (κ1) is 12.2. The van der Waals surface area contributed by atoms with E-state index in [0.29, 0.717) is 5.92 Å². The Morgan fingerprint density at radius 1 is 0.900 bits per heavy atom. The Hall–Kier alpha value is -1.60. The van der Waals surface area contributed by atoms with Gasteiger partial charge in [0.15, 0.2) is 0 Å². The van der Waals surface area contributed by atoms with E-state index in [2.05, 4.69) is 78.3 Å². The van der Waals surface area contributed by atoms with Crippen molar-refractivity contribution in [3.05, 3.63) is 69.7 Å². The van der Waals surface area contributed by atoms with Gasteiger partial charge in [0.25, 0.3) is 0 Å². The second-order valence-electron chi connectivity index (χ2n) is 5.65. The molecule has 3 aromatic carbocycles. The van der Waals surface area contributed by atoms with Crippen LogP contribution in [0.5, 0.6) is 0 Å². The molecule has 0 aliphatic heterocycles. The lowest BCUT2D eigenvalue weighted by atomic mass is 9.91. The van der Waals surface area contributed by atoms with Gasteiger partial charge in [-0.25, -0.2) is 0 Å². The molecule has 0 nitrogen and oxygen atoms in total. The fourth-order valence-electron chi connectivity index (χ4n) is 3.56. The second-order valence-corrected chi connectivity index (χ2v) is 6.57. The molecular formula is C19H15Br. The quantitative estimate of drug-likeness (QED) is 0.473. The number of rotatable bonds is 0. The third kappa shape index (κ3) is 1.53. The summed E-state index contributed by atoms with van der Waals surface area (Å²) in [6.45, 7) is 4.53. The summed E-state index contributed by atoms with van der Waals surface area (Å²) in [5.41, 5.74) is 7.09. The smallest absolute Gasteiger partial charge is 0.0178 e. The number of halogens is 1. The lowest BCUT2D eigenvalue weighted by molar-refractivity contribution is 0.965. The normalized spacial score (nSPS) is 16.2. The van der Waals surface area contributed by atoms with Crippen LogP contribution in [0.3, 0.4) is 0 Å². The summed E-state index contributed by atoms with van der Waals surface area (Å²) in [7, 11) is 0. The maximum absolute atomic E-state index is 3.60. The maximum Gasteiger partial charge on any atom is 0.0178 e. The van der Waals surface area contributed by atoms with Gasteiger partial charge in [0.05, 0.1) is 0 Å². The number of hydrogen-bond donors (Lipinski definition) is 0. The molecule has 1 aliphatic rings. The molecule has 1 heteroatoms. The van der Waals surface area contributed by atoms with Crippen LogP contribution in [0, 0.1) is 6.92 Å². The highest BCUT2D eigenvalue weighted by molar-refractivity contribution is 9.10. The van der Waals surface area contributed by atoms with Crippen molar-refractivity contribution in [2.24, 2.45) is 0 Å². The summed E-state index contributed by atoms with van der Waals surface area (Å²) >= 11 is 3.60. The average molecular weight is 323 g/mol. The van der Waals surface area contributed by atoms with Gasteiger partial charge in [0, 0.05) is 10.4 Å². The number of fused-ring (bicyclic) bond motifs is 5. The minimum Gasteiger partial charge on any atom is -0.0616 e. The lowest BCUT2D eigenvalue weighted by Gasteiger charge is -2.12. The highest BCUT2D eigenvalue weighted by Crippen LogP contribution is 2.48. The van der Waals surface area contributed by atoms with Crippen molar-refractivity contribution in [3.8, 4) is 11.1 Å². The summed E-state index contributed by atoms with van der Waals surface area (Å²) < 4.78 is 1.16. The molecule has 0 saturated heterocycles. The van der Waals surface area contributed by atoms with Crippen LogP contribution in [-0.4, -0.2) is 0 Å². The molecule has 20 heavy (non-hydrogen) atoms. The van der Waals surface area contributed by atoms with E-state index in [1.165, 1.54) is 38.6 Å². The van der Waals surface area contributed by atoms with Crippen LogP contribution in [-0.2, 0) is 0 Å². The molecule has 3 aromatic rings. The van der Waals surface area contributed by atoms with Crippen LogP contribution in [0.1, 0.15) is 29.5 Å². The van der Waals surface area contributed by atoms with Gasteiger partial charge in [0.1, 0.15) is 0 Å². The van der Waals surface area contributed by atoms with Gasteiger partial charge in [-0.15, -0.1) is 0 Å². The average Bonchev–Trinajstić information content (AvgIpc) is 2.72. The molecule has 1 atom stereocenters. The first-order chi connectivity index (χ1) is 9.66. The SMILES string of the molecule is Cc1cc2c(c3ccccc13)C(C)c1cc(Br)ccc1-2. The molecule has 0 heterocycles. The minimum absolute atomic E-state index is 0.461. The molecule has 1 aliphatic carbocycles. The Bertz CT molecular complexity index is 846. The molecule has 0 radical (unpaired) electrons. The first-order valence-corrected chi connectivity index (χ1v) is 7.78. The van der Waals surface area contributed by atoms with Crippen molar-refractivity contribution in [2.45, 2.75) is 19.8 Å². The Kier molecular flexibility index (Phi) is 2.55. The molecule has 0 amide bonds. The molecule has 0 bridgehead atoms. The molecule has 0 fully saturated rings. The Morgan fingerprint density at radius 2 is 1.65 bits per heavy atom. The van der Waals surface area contributed by atoms with Crippen LogP contribution in [0.4, 0.5) is 0 Å². The predicted molar refractivity (Wildman–Crippen MR) is 89.3 cm³/mol. The fraction of sp³-hybridized carbons (Fsp3) is 0.158. The second kappa shape index (κ2) is 4.20. The summed E-state index contributed by atoms with van der Waals surface area (Å²) in [4.78, 5) is 0. The van der Waals surface area contributed by atoms with E-state index in [1.807, 2.05) is 0 Å². The Labute approximate surface area is 127 Å². The lowest BCUT2D eigenvalue weighted by Crippen LogP contribution is -1.92. The molecule has 1 unspecified atom stereocenters. The van der Waals surface area contributed by atoms with E-state index in [1.54, 1.807) is 0 Å². The molecule has 0 saturated carbocycles. The third-order valence-corrected chi connectivity index (χ3v) is 4.99. The summed E-state index contributed by atoms with van der Waals surface area (Å²) in [5, 5.41) is 2.78. The molecule has 0 aromatic heterocycles. The van der Waals surface area contributed by atoms with Gasteiger partial charge >= 0.3 is 0 Å². The predicted octanol–water partition coefficient (Wildman–Crippen LogP) is 6.04. The van der Waals surface area contributed by atoms with Crippen LogP contribution in [0.2, 0.25) is 0 Å². The van der Waals surface area contributed by atoms with Crippen molar-refractivity contribution in [2.75, 3.05) is 0 Å². The molecule has 4 rings (SSSR count). The van der Waals surface area contributed by atoms with E-state index < -0.39 is 0 Å². The Balaban J connectivity index is 2.15. The molecular weight excluding hydrogens is 308 g/mol. The highest BCUT2D eigenvalue weighted by atomic mass is 79.9. The van der Waals surface area contributed by atoms with Crippen molar-refractivity contribution in [1.82, 2.24) is 0 Å². The fourth-order valence-corrected chi connectivity index (χ4v) is 3.94. The van der Waals surface area contributed by atoms with Crippen molar-refractivity contribution >= 4 is 26.7 Å². The third-order valence-electron chi connectivity index (χ3n) is 4.50. The minimum atomic E-state index is 0.461. The van der Waals surface area contributed by atoms with Crippen LogP contribution in [0.15, 0.2) is 53.0 Å². The monoisotopic (exact) mass is 322 g/mol. The standard InChI is InChI=1S/C19H15Br/c1-11-9-18-15-8-7-13(20)10-17(15)12(2)19(18)16-6-4-3-5-14(11)16/h3-10,12H,1-2H3. The zero-order valence-electron chi connectivity index (χ0n) is 11.6. The zero-order valence-corrected chi connectivity index (χ0v) is 13.2. The maximum atomic E-state index is 3.60. The molecule has 98 valence electrons. The van der Waals surface area contributed by atoms with E-state index in [4.69, 9.17) is 0 Å². The van der Waals surface area contributed by atoms with E-state index >= 15 is 0 Å². The van der Waals surface area contributed by atoms with E-state index in [9.17, 15) is 0 Å². The van der Waals surface area contributed by atoms with Gasteiger partial charge in [-0.1, -0.05) is 59.3 Å². The van der Waals surface area contributed by atoms with Gasteiger partial charge in [-0.3, -0.25) is 0 Å². The van der Waals surface area contributed by atoms with Crippen LogP contribution >= 0.6 is 15.9 Å². The van der Waals surface area contributed by atoms with E-state index in [0.717, 1.165) is 4.47 Å². The van der Waals surface area contributed by atoms with Gasteiger partial charge in [0.2, 0.25) is 0 Å². The van der Waals surface area contributed by atoms with Crippen molar-refractivity contribution < 1.29 is 0 Å². The number of hydrogen-bond acceptors (Lipinski definition) is 0. The van der Waals surface area contributed by atoms with Gasteiger partial charge < -0.3 is 0 Å². The van der Waals surface area contributed by atoms with Gasteiger partial charge in [-0.2, -0.15) is 0 Å².